The highest BCUT2D eigenvalue weighted by atomic mass is 32.2. The molecule has 1 spiro atoms. The molecular weight excluding hydrogens is 514 g/mol. The summed E-state index contributed by atoms with van der Waals surface area (Å²) in [7, 11) is -3.16. The van der Waals surface area contributed by atoms with Crippen LogP contribution >= 0.6 is 0 Å². The summed E-state index contributed by atoms with van der Waals surface area (Å²) in [6, 6.07) is 7.39. The summed E-state index contributed by atoms with van der Waals surface area (Å²) >= 11 is 0. The van der Waals surface area contributed by atoms with Gasteiger partial charge in [0.25, 0.3) is 0 Å². The molecule has 3 aromatic rings. The average molecular weight is 539 g/mol. The lowest BCUT2D eigenvalue weighted by molar-refractivity contribution is -0.130. The van der Waals surface area contributed by atoms with Gasteiger partial charge in [-0.1, -0.05) is 6.07 Å². The van der Waals surface area contributed by atoms with Crippen LogP contribution < -0.4 is 4.90 Å². The van der Waals surface area contributed by atoms with Gasteiger partial charge in [-0.25, -0.2) is 27.2 Å². The second-order valence-corrected chi connectivity index (χ2v) is 13.1. The van der Waals surface area contributed by atoms with Crippen molar-refractivity contribution < 1.29 is 22.0 Å². The number of carbonyl (C=O) groups is 1. The second kappa shape index (κ2) is 7.75. The lowest BCUT2D eigenvalue weighted by Crippen LogP contribution is -2.52. The van der Waals surface area contributed by atoms with Gasteiger partial charge in [0.15, 0.2) is 0 Å². The zero-order chi connectivity index (χ0) is 26.4. The fourth-order valence-corrected chi connectivity index (χ4v) is 7.15. The molecule has 1 aliphatic heterocycles. The number of fused-ring (bicyclic) bond motifs is 3. The Morgan fingerprint density at radius 2 is 1.92 bits per heavy atom. The first kappa shape index (κ1) is 23.6. The number of hydrogen-bond acceptors (Lipinski definition) is 8. The Balaban J connectivity index is 1.17. The van der Waals surface area contributed by atoms with E-state index in [1.807, 2.05) is 11.0 Å². The number of rotatable bonds is 6. The maximum Gasteiger partial charge on any atom is 0.242 e. The Labute approximate surface area is 217 Å². The van der Waals surface area contributed by atoms with Crippen LogP contribution in [0, 0.1) is 17.0 Å². The van der Waals surface area contributed by atoms with E-state index in [0.29, 0.717) is 19.0 Å². The minimum absolute atomic E-state index is 0.00218. The summed E-state index contributed by atoms with van der Waals surface area (Å²) in [4.78, 5) is 25.4. The molecule has 0 radical (unpaired) electrons. The normalized spacial score (nSPS) is 27.1. The number of carbonyl (C=O) groups excluding carboxylic acids is 1. The number of hydrogen-bond donors (Lipinski definition) is 0. The highest BCUT2D eigenvalue weighted by Gasteiger charge is 2.87. The summed E-state index contributed by atoms with van der Waals surface area (Å²) in [6.45, 7) is 1.13. The Kier molecular flexibility index (Phi) is 4.80. The molecule has 1 unspecified atom stereocenters. The summed E-state index contributed by atoms with van der Waals surface area (Å²) in [5.41, 5.74) is 2.20. The topological polar surface area (TPSA) is 109 Å². The third-order valence-corrected chi connectivity index (χ3v) is 9.54. The van der Waals surface area contributed by atoms with Crippen LogP contribution in [0.4, 0.5) is 14.7 Å². The van der Waals surface area contributed by atoms with Gasteiger partial charge in [-0.05, 0) is 54.0 Å². The Morgan fingerprint density at radius 3 is 2.66 bits per heavy atom. The molecule has 1 saturated heterocycles. The molecule has 3 heterocycles. The van der Waals surface area contributed by atoms with Gasteiger partial charge in [-0.15, -0.1) is 5.10 Å². The molecule has 1 amide bonds. The number of halogens is 2. The SMILES string of the molecule is CS(=O)(=O)CCN1CCN(c2nccc([C@]34CC35C[C@H]5c3cc(-c5c(F)cccc5F)nnc34)n2)CC1=O. The molecule has 12 heteroatoms. The van der Waals surface area contributed by atoms with Crippen molar-refractivity contribution in [1.82, 2.24) is 25.1 Å². The van der Waals surface area contributed by atoms with Gasteiger partial charge in [0.2, 0.25) is 11.9 Å². The van der Waals surface area contributed by atoms with E-state index < -0.39 is 26.9 Å². The van der Waals surface area contributed by atoms with E-state index in [4.69, 9.17) is 4.98 Å². The number of benzene rings is 1. The molecule has 3 atom stereocenters. The van der Waals surface area contributed by atoms with Crippen LogP contribution in [0.25, 0.3) is 11.3 Å². The maximum atomic E-state index is 14.4. The quantitative estimate of drug-likeness (QED) is 0.470. The number of nitrogens with zero attached hydrogens (tertiary/aromatic N) is 6. The van der Waals surface area contributed by atoms with Crippen LogP contribution in [0.5, 0.6) is 0 Å². The van der Waals surface area contributed by atoms with Crippen molar-refractivity contribution in [2.75, 3.05) is 43.1 Å². The molecule has 196 valence electrons. The fourth-order valence-electron chi connectivity index (χ4n) is 6.59. The van der Waals surface area contributed by atoms with Crippen molar-refractivity contribution in [1.29, 1.82) is 0 Å². The molecular formula is C26H24F2N6O3S. The molecule has 1 aromatic carbocycles. The molecule has 2 saturated carbocycles. The van der Waals surface area contributed by atoms with E-state index in [2.05, 4.69) is 15.2 Å². The highest BCUT2D eigenvalue weighted by Crippen LogP contribution is 2.91. The van der Waals surface area contributed by atoms with Crippen molar-refractivity contribution in [2.45, 2.75) is 24.2 Å². The number of aromatic nitrogens is 4. The van der Waals surface area contributed by atoms with Crippen LogP contribution in [-0.2, 0) is 20.0 Å². The fraction of sp³-hybridized carbons (Fsp3) is 0.423. The van der Waals surface area contributed by atoms with Crippen LogP contribution in [0.1, 0.15) is 35.7 Å². The molecule has 4 aliphatic rings. The lowest BCUT2D eigenvalue weighted by atomic mass is 9.93. The summed E-state index contributed by atoms with van der Waals surface area (Å²) in [6.07, 6.45) is 4.69. The zero-order valence-corrected chi connectivity index (χ0v) is 21.4. The highest BCUT2D eigenvalue weighted by molar-refractivity contribution is 7.90. The first-order valence-electron chi connectivity index (χ1n) is 12.5. The second-order valence-electron chi connectivity index (χ2n) is 10.8. The molecule has 7 rings (SSSR count). The third kappa shape index (κ3) is 3.31. The summed E-state index contributed by atoms with van der Waals surface area (Å²) in [5, 5.41) is 8.73. The Bertz CT molecular complexity index is 1610. The first-order chi connectivity index (χ1) is 18.1. The third-order valence-electron chi connectivity index (χ3n) is 8.62. The predicted molar refractivity (Wildman–Crippen MR) is 133 cm³/mol. The smallest absolute Gasteiger partial charge is 0.242 e. The molecule has 3 aliphatic carbocycles. The number of sulfone groups is 1. The standard InChI is InChI=1S/C26H24F2N6O3S/c1-38(36,37)10-9-33-7-8-34(13-21(33)35)24-29-6-5-20(30-24)26-14-25(26)12-16(25)15-11-19(31-32-23(15)26)22-17(27)3-2-4-18(22)28/h2-6,11,16H,7-10,12-14H2,1H3/t16-,25?,26-/m0/s1. The van der Waals surface area contributed by atoms with E-state index >= 15 is 0 Å². The molecule has 9 nitrogen and oxygen atoms in total. The Morgan fingerprint density at radius 1 is 1.13 bits per heavy atom. The van der Waals surface area contributed by atoms with Gasteiger partial charge < -0.3 is 9.80 Å². The predicted octanol–water partition coefficient (Wildman–Crippen LogP) is 2.08. The first-order valence-corrected chi connectivity index (χ1v) is 14.6. The number of piperazine rings is 1. The lowest BCUT2D eigenvalue weighted by Gasteiger charge is -2.34. The number of anilines is 1. The van der Waals surface area contributed by atoms with E-state index in [1.165, 1.54) is 18.2 Å². The van der Waals surface area contributed by atoms with Crippen molar-refractivity contribution in [3.63, 3.8) is 0 Å². The average Bonchev–Trinajstić information content (AvgIpc) is 3.77. The molecule has 38 heavy (non-hydrogen) atoms. The van der Waals surface area contributed by atoms with Crippen LogP contribution in [0.2, 0.25) is 0 Å². The Hall–Kier alpha value is -3.54. The zero-order valence-electron chi connectivity index (χ0n) is 20.6. The maximum absolute atomic E-state index is 14.4. The van der Waals surface area contributed by atoms with Crippen LogP contribution in [0.15, 0.2) is 36.5 Å². The van der Waals surface area contributed by atoms with E-state index in [9.17, 15) is 22.0 Å². The minimum atomic E-state index is -3.16. The van der Waals surface area contributed by atoms with Crippen molar-refractivity contribution >= 4 is 21.7 Å². The van der Waals surface area contributed by atoms with Gasteiger partial charge in [0.1, 0.15) is 21.5 Å². The molecule has 3 fully saturated rings. The number of amides is 1. The molecule has 0 N–H and O–H groups in total. The summed E-state index contributed by atoms with van der Waals surface area (Å²) < 4.78 is 51.8. The van der Waals surface area contributed by atoms with Gasteiger partial charge >= 0.3 is 0 Å². The van der Waals surface area contributed by atoms with Gasteiger partial charge in [0, 0.05) is 32.1 Å². The van der Waals surface area contributed by atoms with Gasteiger partial charge in [0.05, 0.1) is 40.4 Å². The monoisotopic (exact) mass is 538 g/mol. The molecule has 0 bridgehead atoms. The van der Waals surface area contributed by atoms with Crippen molar-refractivity contribution in [3.8, 4) is 11.3 Å². The van der Waals surface area contributed by atoms with E-state index in [0.717, 1.165) is 36.0 Å². The van der Waals surface area contributed by atoms with Crippen LogP contribution in [-0.4, -0.2) is 77.6 Å². The van der Waals surface area contributed by atoms with Gasteiger partial charge in [-0.3, -0.25) is 4.79 Å². The van der Waals surface area contributed by atoms with Crippen molar-refractivity contribution in [3.05, 3.63) is 65.1 Å². The van der Waals surface area contributed by atoms with E-state index in [-0.39, 0.29) is 47.3 Å². The minimum Gasteiger partial charge on any atom is -0.338 e. The molecule has 2 aromatic heterocycles. The van der Waals surface area contributed by atoms with Crippen LogP contribution in [0.3, 0.4) is 0 Å². The largest absolute Gasteiger partial charge is 0.338 e. The van der Waals surface area contributed by atoms with Crippen molar-refractivity contribution in [2.24, 2.45) is 5.41 Å². The van der Waals surface area contributed by atoms with E-state index in [1.54, 1.807) is 17.2 Å². The van der Waals surface area contributed by atoms with Gasteiger partial charge in [-0.2, -0.15) is 5.10 Å². The summed E-state index contributed by atoms with van der Waals surface area (Å²) in [5.74, 6) is -0.883.